The normalized spacial score (nSPS) is 10.3. The Morgan fingerprint density at radius 3 is 1.57 bits per heavy atom. The summed E-state index contributed by atoms with van der Waals surface area (Å²) < 4.78 is 26.8. The molecule has 0 aliphatic heterocycles. The number of aromatic hydroxyl groups is 1. The van der Waals surface area contributed by atoms with Crippen LogP contribution in [0.5, 0.6) is 34.5 Å². The molecule has 0 bridgehead atoms. The van der Waals surface area contributed by atoms with Crippen molar-refractivity contribution in [2.24, 2.45) is 0 Å². The number of hydrogen-bond donors (Lipinski definition) is 1. The fraction of sp³-hybridized carbons (Fsp3) is 0.143. The number of methoxy groups -OCH3 is 1. The van der Waals surface area contributed by atoms with Crippen molar-refractivity contribution in [3.8, 4) is 34.5 Å². The molecule has 0 atom stereocenters. The van der Waals surface area contributed by atoms with Crippen LogP contribution in [0.25, 0.3) is 12.2 Å². The number of hydrogen-bond acceptors (Lipinski definition) is 8. The first-order valence-electron chi connectivity index (χ1n) is 14.4. The van der Waals surface area contributed by atoms with E-state index in [1.54, 1.807) is 106 Å². The van der Waals surface area contributed by atoms with E-state index in [1.165, 1.54) is 24.3 Å². The van der Waals surface area contributed by atoms with Crippen LogP contribution in [0, 0.1) is 0 Å². The highest BCUT2D eigenvalue weighted by Gasteiger charge is 2.08. The van der Waals surface area contributed by atoms with Gasteiger partial charge >= 0.3 is 15.1 Å². The average Bonchev–Trinajstić information content (AvgIpc) is 3.04. The number of phenols is 1. The van der Waals surface area contributed by atoms with Gasteiger partial charge < -0.3 is 28.8 Å². The summed E-state index contributed by atoms with van der Waals surface area (Å²) in [4.78, 5) is 22.8. The summed E-state index contributed by atoms with van der Waals surface area (Å²) in [5.41, 5.74) is 1.35. The van der Waals surface area contributed by atoms with Gasteiger partial charge in [-0.3, -0.25) is 0 Å². The summed E-state index contributed by atoms with van der Waals surface area (Å²) >= 11 is 21.2. The predicted octanol–water partition coefficient (Wildman–Crippen LogP) is 11.3. The lowest BCUT2D eigenvalue weighted by atomic mass is 10.1. The lowest BCUT2D eigenvalue weighted by molar-refractivity contribution is -0.138. The molecular formula is C35H32BBr3Cl2O8. The molecule has 0 fully saturated rings. The fourth-order valence-electron chi connectivity index (χ4n) is 3.63. The van der Waals surface area contributed by atoms with Gasteiger partial charge in [0.1, 0.15) is 34.5 Å². The number of rotatable bonds is 11. The molecule has 49 heavy (non-hydrogen) atoms. The molecule has 0 saturated heterocycles. The van der Waals surface area contributed by atoms with E-state index < -0.39 is 11.9 Å². The molecule has 4 rings (SSSR count). The second-order valence-corrected chi connectivity index (χ2v) is 16.5. The topological polar surface area (TPSA) is 101 Å². The highest BCUT2D eigenvalue weighted by molar-refractivity contribution is 9.69. The quantitative estimate of drug-likeness (QED) is 0.0902. The number of ether oxygens (including phenoxy) is 5. The summed E-state index contributed by atoms with van der Waals surface area (Å²) in [7, 11) is 1.58. The van der Waals surface area contributed by atoms with Gasteiger partial charge in [-0.25, -0.2) is 9.59 Å². The standard InChI is InChI=1S/C18H17ClO4.C17H15ClO4.BBr3/c1-3-22-18(20)10-8-13-7-9-15(21-2)12-17(13)23-16-6-4-5-14(19)11-16;1-2-21-17(20)9-7-12-6-8-14(19)11-16(12)22-15-5-3-4-13(18)10-15;2-1(3)4/h4-12H,3H2,1-2H3;3-11,19H,2H2,1H3;/b10-8+;9-7+;. The summed E-state index contributed by atoms with van der Waals surface area (Å²) in [6.07, 6.45) is 5.87. The Balaban J connectivity index is 0.000000307. The van der Waals surface area contributed by atoms with Crippen molar-refractivity contribution in [1.29, 1.82) is 0 Å². The number of benzene rings is 4. The Kier molecular flexibility index (Phi) is 19.7. The van der Waals surface area contributed by atoms with Crippen LogP contribution >= 0.6 is 70.5 Å². The monoisotopic (exact) mass is 898 g/mol. The Labute approximate surface area is 320 Å². The molecule has 0 aromatic heterocycles. The third-order valence-corrected chi connectivity index (χ3v) is 6.11. The minimum atomic E-state index is -0.440. The van der Waals surface area contributed by atoms with Crippen LogP contribution in [0.2, 0.25) is 10.0 Å². The molecular weight excluding hydrogens is 870 g/mol. The van der Waals surface area contributed by atoms with Crippen molar-refractivity contribution >= 4 is 97.7 Å². The van der Waals surface area contributed by atoms with Crippen LogP contribution in [0.1, 0.15) is 25.0 Å². The molecule has 0 spiro atoms. The largest absolute Gasteiger partial charge is 0.508 e. The minimum Gasteiger partial charge on any atom is -0.508 e. The van der Waals surface area contributed by atoms with E-state index in [1.807, 2.05) is 0 Å². The van der Waals surface area contributed by atoms with Crippen molar-refractivity contribution in [3.05, 3.63) is 118 Å². The van der Waals surface area contributed by atoms with E-state index in [4.69, 9.17) is 46.9 Å². The molecule has 0 aliphatic carbocycles. The zero-order chi connectivity index (χ0) is 36.2. The zero-order valence-corrected chi connectivity index (χ0v) is 32.8. The van der Waals surface area contributed by atoms with Gasteiger partial charge in [-0.2, -0.15) is 0 Å². The van der Waals surface area contributed by atoms with Gasteiger partial charge in [-0.05, 0) is 86.7 Å². The maximum absolute atomic E-state index is 11.5. The first-order chi connectivity index (χ1) is 23.4. The summed E-state index contributed by atoms with van der Waals surface area (Å²) in [5, 5.41) is 10.7. The average molecular weight is 902 g/mol. The summed E-state index contributed by atoms with van der Waals surface area (Å²) in [6, 6.07) is 23.9. The van der Waals surface area contributed by atoms with Crippen LogP contribution in [0.15, 0.2) is 97.1 Å². The molecule has 0 radical (unpaired) electrons. The van der Waals surface area contributed by atoms with Crippen molar-refractivity contribution in [2.75, 3.05) is 20.3 Å². The van der Waals surface area contributed by atoms with Crippen LogP contribution in [-0.2, 0) is 19.1 Å². The molecule has 0 saturated carbocycles. The SMILES string of the molecule is BrB(Br)Br.CCOC(=O)/C=C/c1ccc(O)cc1Oc1cccc(Cl)c1.CCOC(=O)/C=C/c1ccc(OC)cc1Oc1cccc(Cl)c1. The summed E-state index contributed by atoms with van der Waals surface area (Å²) in [5.74, 6) is 1.94. The fourth-order valence-corrected chi connectivity index (χ4v) is 3.99. The highest BCUT2D eigenvalue weighted by atomic mass is 79.9. The number of esters is 2. The minimum absolute atomic E-state index is 0.0605. The smallest absolute Gasteiger partial charge is 0.369 e. The molecule has 0 aliphatic rings. The molecule has 0 unspecified atom stereocenters. The van der Waals surface area contributed by atoms with Gasteiger partial charge in [0.15, 0.2) is 0 Å². The summed E-state index contributed by atoms with van der Waals surface area (Å²) in [6.45, 7) is 4.13. The number of phenolic OH excluding ortho intramolecular Hbond substituents is 1. The Hall–Kier alpha value is -3.42. The number of halogens is 5. The van der Waals surface area contributed by atoms with Gasteiger partial charge in [0.05, 0.1) is 20.3 Å². The molecule has 1 N–H and O–H groups in total. The van der Waals surface area contributed by atoms with Gasteiger partial charge in [-0.15, -0.1) is 47.3 Å². The first-order valence-corrected chi connectivity index (χ1v) is 17.9. The Bertz CT molecular complexity index is 1720. The van der Waals surface area contributed by atoms with E-state index in [0.29, 0.717) is 57.6 Å². The van der Waals surface area contributed by atoms with Crippen LogP contribution < -0.4 is 14.2 Å². The highest BCUT2D eigenvalue weighted by Crippen LogP contribution is 2.32. The molecule has 4 aromatic carbocycles. The van der Waals surface area contributed by atoms with Crippen molar-refractivity contribution in [1.82, 2.24) is 0 Å². The van der Waals surface area contributed by atoms with Crippen molar-refractivity contribution < 1.29 is 38.4 Å². The third-order valence-electron chi connectivity index (χ3n) is 5.64. The van der Waals surface area contributed by atoms with Crippen molar-refractivity contribution in [2.45, 2.75) is 13.8 Å². The lowest BCUT2D eigenvalue weighted by Gasteiger charge is -2.11. The van der Waals surface area contributed by atoms with Crippen LogP contribution in [-0.4, -0.2) is 40.6 Å². The molecule has 0 amide bonds. The maximum atomic E-state index is 11.5. The van der Waals surface area contributed by atoms with Crippen LogP contribution in [0.3, 0.4) is 0 Å². The zero-order valence-electron chi connectivity index (χ0n) is 26.6. The van der Waals surface area contributed by atoms with E-state index in [9.17, 15) is 14.7 Å². The second-order valence-electron chi connectivity index (χ2n) is 9.16. The molecule has 14 heteroatoms. The van der Waals surface area contributed by atoms with E-state index in [0.717, 1.165) is 5.56 Å². The Morgan fingerprint density at radius 1 is 0.694 bits per heavy atom. The van der Waals surface area contributed by atoms with Gasteiger partial charge in [0.2, 0.25) is 0 Å². The molecule has 4 aromatic rings. The van der Waals surface area contributed by atoms with E-state index >= 15 is 0 Å². The molecule has 8 nitrogen and oxygen atoms in total. The molecule has 258 valence electrons. The number of carbonyl (C=O) groups is 2. The van der Waals surface area contributed by atoms with Gasteiger partial charge in [-0.1, -0.05) is 35.3 Å². The van der Waals surface area contributed by atoms with E-state index in [2.05, 4.69) is 47.3 Å². The predicted molar refractivity (Wildman–Crippen MR) is 208 cm³/mol. The van der Waals surface area contributed by atoms with Crippen LogP contribution in [0.4, 0.5) is 0 Å². The van der Waals surface area contributed by atoms with Gasteiger partial charge in [0, 0.05) is 45.5 Å². The lowest BCUT2D eigenvalue weighted by Crippen LogP contribution is -1.98. The van der Waals surface area contributed by atoms with E-state index in [-0.39, 0.29) is 8.93 Å². The van der Waals surface area contributed by atoms with Crippen molar-refractivity contribution in [3.63, 3.8) is 0 Å². The molecule has 0 heterocycles. The Morgan fingerprint density at radius 2 is 1.14 bits per heavy atom. The number of carbonyl (C=O) groups excluding carboxylic acids is 2. The second kappa shape index (κ2) is 23.1. The maximum Gasteiger partial charge on any atom is 0.369 e. The first kappa shape index (κ1) is 41.8. The van der Waals surface area contributed by atoms with Gasteiger partial charge in [0.25, 0.3) is 0 Å². The third kappa shape index (κ3) is 17.2.